The second kappa shape index (κ2) is 11.2. The Morgan fingerprint density at radius 3 is 2.46 bits per heavy atom. The molecule has 1 aromatic rings. The highest BCUT2D eigenvalue weighted by atomic mass is 127. The van der Waals surface area contributed by atoms with Crippen LogP contribution in [-0.2, 0) is 0 Å². The van der Waals surface area contributed by atoms with Crippen LogP contribution in [0.15, 0.2) is 29.3 Å². The van der Waals surface area contributed by atoms with Crippen molar-refractivity contribution in [1.29, 1.82) is 0 Å². The number of guanidine groups is 1. The number of hydrogen-bond donors (Lipinski definition) is 1. The Kier molecular flexibility index (Phi) is 9.28. The third-order valence-electron chi connectivity index (χ3n) is 5.13. The van der Waals surface area contributed by atoms with Crippen molar-refractivity contribution in [3.8, 4) is 0 Å². The molecule has 146 valence electrons. The standard InChI is InChI=1S/C19H30ClN5.HI/c20-17-6-4-7-18(16-17)24-14-12-23(13-15-24)9-5-8-22-19(21)25-10-2-1-3-11-25;/h4,6-7,16H,1-3,5,8-15H2,(H2,21,22);1H. The van der Waals surface area contributed by atoms with Crippen LogP contribution in [0.1, 0.15) is 25.7 Å². The Bertz CT molecular complexity index is 569. The SMILES string of the molecule is I.NC(=NCCCN1CCN(c2cccc(Cl)c2)CC1)N1CCCCC1. The van der Waals surface area contributed by atoms with Crippen LogP contribution in [0.3, 0.4) is 0 Å². The normalized spacial score (nSPS) is 19.3. The van der Waals surface area contributed by atoms with Crippen LogP contribution in [0.5, 0.6) is 0 Å². The van der Waals surface area contributed by atoms with E-state index in [1.807, 2.05) is 12.1 Å². The molecule has 0 spiro atoms. The number of nitrogens with two attached hydrogens (primary N) is 1. The average molecular weight is 492 g/mol. The predicted octanol–water partition coefficient (Wildman–Crippen LogP) is 3.27. The van der Waals surface area contributed by atoms with Crippen molar-refractivity contribution < 1.29 is 0 Å². The Morgan fingerprint density at radius 1 is 1.04 bits per heavy atom. The second-order valence-corrected chi connectivity index (χ2v) is 7.39. The molecule has 0 saturated carbocycles. The van der Waals surface area contributed by atoms with E-state index in [1.165, 1.54) is 24.9 Å². The minimum Gasteiger partial charge on any atom is -0.370 e. The second-order valence-electron chi connectivity index (χ2n) is 6.95. The van der Waals surface area contributed by atoms with Crippen molar-refractivity contribution in [3.63, 3.8) is 0 Å². The maximum absolute atomic E-state index is 6.11. The highest BCUT2D eigenvalue weighted by Crippen LogP contribution is 2.20. The van der Waals surface area contributed by atoms with E-state index in [4.69, 9.17) is 17.3 Å². The van der Waals surface area contributed by atoms with Crippen LogP contribution < -0.4 is 10.6 Å². The summed E-state index contributed by atoms with van der Waals surface area (Å²) in [6.07, 6.45) is 4.89. The molecular weight excluding hydrogens is 461 g/mol. The Hall–Kier alpha value is -0.730. The number of aliphatic imine (C=N–C) groups is 1. The van der Waals surface area contributed by atoms with E-state index in [2.05, 4.69) is 31.8 Å². The number of piperidine rings is 1. The van der Waals surface area contributed by atoms with E-state index in [-0.39, 0.29) is 24.0 Å². The van der Waals surface area contributed by atoms with Crippen LogP contribution in [0.4, 0.5) is 5.69 Å². The molecule has 0 aliphatic carbocycles. The zero-order valence-corrected chi connectivity index (χ0v) is 18.5. The summed E-state index contributed by atoms with van der Waals surface area (Å²) in [4.78, 5) is 11.7. The van der Waals surface area contributed by atoms with Gasteiger partial charge in [-0.3, -0.25) is 9.89 Å². The number of nitrogens with zero attached hydrogens (tertiary/aromatic N) is 4. The molecule has 0 bridgehead atoms. The van der Waals surface area contributed by atoms with E-state index < -0.39 is 0 Å². The van der Waals surface area contributed by atoms with E-state index in [1.54, 1.807) is 0 Å². The molecule has 2 saturated heterocycles. The van der Waals surface area contributed by atoms with Gasteiger partial charge < -0.3 is 15.5 Å². The first-order valence-electron chi connectivity index (χ1n) is 9.50. The summed E-state index contributed by atoms with van der Waals surface area (Å²) < 4.78 is 0. The fraction of sp³-hybridized carbons (Fsp3) is 0.632. The van der Waals surface area contributed by atoms with Gasteiger partial charge in [0.2, 0.25) is 0 Å². The minimum atomic E-state index is 0. The van der Waals surface area contributed by atoms with Crippen molar-refractivity contribution >= 4 is 47.2 Å². The molecule has 7 heteroatoms. The summed E-state index contributed by atoms with van der Waals surface area (Å²) in [5.41, 5.74) is 7.34. The van der Waals surface area contributed by atoms with Crippen LogP contribution in [0.25, 0.3) is 0 Å². The topological polar surface area (TPSA) is 48.1 Å². The first-order chi connectivity index (χ1) is 12.2. The van der Waals surface area contributed by atoms with Gasteiger partial charge in [-0.1, -0.05) is 17.7 Å². The van der Waals surface area contributed by atoms with E-state index in [9.17, 15) is 0 Å². The van der Waals surface area contributed by atoms with E-state index in [0.717, 1.165) is 69.8 Å². The van der Waals surface area contributed by atoms with Crippen LogP contribution in [0, 0.1) is 0 Å². The molecule has 3 rings (SSSR count). The van der Waals surface area contributed by atoms with Crippen molar-refractivity contribution in [2.24, 2.45) is 10.7 Å². The van der Waals surface area contributed by atoms with Crippen molar-refractivity contribution in [1.82, 2.24) is 9.80 Å². The zero-order valence-electron chi connectivity index (χ0n) is 15.4. The van der Waals surface area contributed by atoms with Crippen molar-refractivity contribution in [2.75, 3.05) is 57.3 Å². The largest absolute Gasteiger partial charge is 0.370 e. The Labute approximate surface area is 179 Å². The van der Waals surface area contributed by atoms with Gasteiger partial charge in [0.15, 0.2) is 5.96 Å². The van der Waals surface area contributed by atoms with E-state index >= 15 is 0 Å². The molecule has 1 aromatic carbocycles. The molecule has 2 aliphatic heterocycles. The lowest BCUT2D eigenvalue weighted by molar-refractivity contribution is 0.256. The molecule has 5 nitrogen and oxygen atoms in total. The summed E-state index contributed by atoms with van der Waals surface area (Å²) in [6.45, 7) is 8.37. The molecule has 26 heavy (non-hydrogen) atoms. The number of anilines is 1. The Balaban J connectivity index is 0.00000243. The van der Waals surface area contributed by atoms with Gasteiger partial charge >= 0.3 is 0 Å². The number of halogens is 2. The summed E-state index contributed by atoms with van der Waals surface area (Å²) >= 11 is 6.10. The third kappa shape index (κ3) is 6.46. The fourth-order valence-corrected chi connectivity index (χ4v) is 3.80. The lowest BCUT2D eigenvalue weighted by Gasteiger charge is -2.36. The molecule has 2 fully saturated rings. The highest BCUT2D eigenvalue weighted by molar-refractivity contribution is 14.0. The average Bonchev–Trinajstić information content (AvgIpc) is 2.66. The van der Waals surface area contributed by atoms with Gasteiger partial charge in [-0.15, -0.1) is 24.0 Å². The first kappa shape index (κ1) is 21.6. The van der Waals surface area contributed by atoms with Gasteiger partial charge in [-0.2, -0.15) is 0 Å². The van der Waals surface area contributed by atoms with Crippen molar-refractivity contribution in [2.45, 2.75) is 25.7 Å². The highest BCUT2D eigenvalue weighted by Gasteiger charge is 2.17. The van der Waals surface area contributed by atoms with Gasteiger partial charge in [0, 0.05) is 63.1 Å². The van der Waals surface area contributed by atoms with Gasteiger partial charge in [0.05, 0.1) is 0 Å². The van der Waals surface area contributed by atoms with Gasteiger partial charge in [0.1, 0.15) is 0 Å². The summed E-state index contributed by atoms with van der Waals surface area (Å²) in [5.74, 6) is 0.741. The molecule has 0 unspecified atom stereocenters. The predicted molar refractivity (Wildman–Crippen MR) is 122 cm³/mol. The zero-order chi connectivity index (χ0) is 17.5. The monoisotopic (exact) mass is 491 g/mol. The molecule has 2 aliphatic rings. The van der Waals surface area contributed by atoms with Crippen LogP contribution in [0.2, 0.25) is 5.02 Å². The number of piperazine rings is 1. The molecule has 0 amide bonds. The van der Waals surface area contributed by atoms with Crippen LogP contribution in [-0.4, -0.2) is 68.1 Å². The van der Waals surface area contributed by atoms with Crippen molar-refractivity contribution in [3.05, 3.63) is 29.3 Å². The van der Waals surface area contributed by atoms with E-state index in [0.29, 0.717) is 0 Å². The molecule has 2 heterocycles. The minimum absolute atomic E-state index is 0. The maximum Gasteiger partial charge on any atom is 0.191 e. The van der Waals surface area contributed by atoms with Gasteiger partial charge in [-0.25, -0.2) is 0 Å². The molecule has 0 atom stereocenters. The number of benzene rings is 1. The Morgan fingerprint density at radius 2 is 1.77 bits per heavy atom. The molecule has 0 aromatic heterocycles. The summed E-state index contributed by atoms with van der Waals surface area (Å²) in [7, 11) is 0. The van der Waals surface area contributed by atoms with Gasteiger partial charge in [-0.05, 0) is 43.9 Å². The first-order valence-corrected chi connectivity index (χ1v) is 9.88. The molecular formula is C19H31ClIN5. The fourth-order valence-electron chi connectivity index (χ4n) is 3.61. The third-order valence-corrected chi connectivity index (χ3v) is 5.37. The summed E-state index contributed by atoms with van der Waals surface area (Å²) in [6, 6.07) is 8.14. The lowest BCUT2D eigenvalue weighted by atomic mass is 10.1. The van der Waals surface area contributed by atoms with Crippen LogP contribution >= 0.6 is 35.6 Å². The number of likely N-dealkylation sites (tertiary alicyclic amines) is 1. The smallest absolute Gasteiger partial charge is 0.191 e. The molecule has 2 N–H and O–H groups in total. The quantitative estimate of drug-likeness (QED) is 0.297. The molecule has 0 radical (unpaired) electrons. The maximum atomic E-state index is 6.11. The lowest BCUT2D eigenvalue weighted by Crippen LogP contribution is -2.46. The summed E-state index contributed by atoms with van der Waals surface area (Å²) in [5, 5.41) is 0.809. The van der Waals surface area contributed by atoms with Gasteiger partial charge in [0.25, 0.3) is 0 Å². The number of hydrogen-bond acceptors (Lipinski definition) is 3. The number of rotatable bonds is 5.